The fraction of sp³-hybridized carbons (Fsp3) is 0.850. The molecule has 1 N–H and O–H groups in total. The molecule has 0 aromatic carbocycles. The van der Waals surface area contributed by atoms with Crippen LogP contribution in [0.25, 0.3) is 0 Å². The second kappa shape index (κ2) is 10.7. The highest BCUT2D eigenvalue weighted by Gasteiger charge is 2.26. The van der Waals surface area contributed by atoms with Gasteiger partial charge < -0.3 is 24.8 Å². The van der Waals surface area contributed by atoms with E-state index in [0.29, 0.717) is 19.6 Å². The number of nitrogens with zero attached hydrogens (tertiary/aromatic N) is 5. The topological polar surface area (TPSA) is 80.7 Å². The molecule has 2 rings (SSSR count). The van der Waals surface area contributed by atoms with Gasteiger partial charge in [0.25, 0.3) is 0 Å². The van der Waals surface area contributed by atoms with Crippen LogP contribution in [-0.2, 0) is 9.53 Å². The molecule has 2 saturated heterocycles. The molecule has 2 heterocycles. The zero-order chi connectivity index (χ0) is 21.4. The zero-order valence-corrected chi connectivity index (χ0v) is 18.7. The number of carbonyl (C=O) groups excluding carboxylic acids is 2. The average Bonchev–Trinajstić information content (AvgIpc) is 2.66. The molecular weight excluding hydrogens is 372 g/mol. The summed E-state index contributed by atoms with van der Waals surface area (Å²) >= 11 is 0. The fourth-order valence-electron chi connectivity index (χ4n) is 3.44. The van der Waals surface area contributed by atoms with Gasteiger partial charge in [-0.3, -0.25) is 14.7 Å². The van der Waals surface area contributed by atoms with E-state index in [1.807, 2.05) is 25.7 Å². The van der Waals surface area contributed by atoms with Crippen LogP contribution in [0.2, 0.25) is 0 Å². The number of amides is 2. The molecule has 29 heavy (non-hydrogen) atoms. The number of ether oxygens (including phenoxy) is 1. The predicted octanol–water partition coefficient (Wildman–Crippen LogP) is 0.669. The number of piperazine rings is 2. The third kappa shape index (κ3) is 7.72. The number of rotatable bonds is 4. The Morgan fingerprint density at radius 2 is 1.48 bits per heavy atom. The Labute approximate surface area is 175 Å². The van der Waals surface area contributed by atoms with Gasteiger partial charge in [0, 0.05) is 72.4 Å². The van der Waals surface area contributed by atoms with Gasteiger partial charge in [0.05, 0.1) is 6.54 Å². The van der Waals surface area contributed by atoms with Crippen molar-refractivity contribution in [2.24, 2.45) is 4.99 Å². The van der Waals surface area contributed by atoms with Crippen molar-refractivity contribution >= 4 is 18.0 Å². The summed E-state index contributed by atoms with van der Waals surface area (Å²) in [7, 11) is 0. The molecule has 0 aromatic heterocycles. The molecule has 9 nitrogen and oxygen atoms in total. The van der Waals surface area contributed by atoms with Crippen molar-refractivity contribution in [2.45, 2.75) is 40.2 Å². The van der Waals surface area contributed by atoms with Crippen LogP contribution in [0.3, 0.4) is 0 Å². The van der Waals surface area contributed by atoms with Crippen molar-refractivity contribution in [2.75, 3.05) is 72.0 Å². The number of hydrogen-bond donors (Lipinski definition) is 1. The first kappa shape index (κ1) is 23.3. The van der Waals surface area contributed by atoms with Crippen molar-refractivity contribution in [3.05, 3.63) is 0 Å². The Bertz CT molecular complexity index is 573. The first-order chi connectivity index (χ1) is 13.7. The maximum Gasteiger partial charge on any atom is 0.410 e. The zero-order valence-electron chi connectivity index (χ0n) is 18.7. The highest BCUT2D eigenvalue weighted by Crippen LogP contribution is 2.12. The second-order valence-electron chi connectivity index (χ2n) is 8.54. The third-order valence-electron chi connectivity index (χ3n) is 5.06. The van der Waals surface area contributed by atoms with E-state index in [0.717, 1.165) is 58.3 Å². The van der Waals surface area contributed by atoms with E-state index in [1.165, 1.54) is 0 Å². The van der Waals surface area contributed by atoms with Crippen LogP contribution in [0.15, 0.2) is 4.99 Å². The van der Waals surface area contributed by atoms with Gasteiger partial charge in [0.2, 0.25) is 5.91 Å². The minimum absolute atomic E-state index is 0.136. The molecule has 166 valence electrons. The normalized spacial score (nSPS) is 19.3. The number of aliphatic imine (C=N–C) groups is 1. The summed E-state index contributed by atoms with van der Waals surface area (Å²) in [5.41, 5.74) is -0.457. The van der Waals surface area contributed by atoms with Crippen LogP contribution in [-0.4, -0.2) is 115 Å². The molecular formula is C20H38N6O3. The summed E-state index contributed by atoms with van der Waals surface area (Å²) in [4.78, 5) is 36.7. The van der Waals surface area contributed by atoms with Crippen LogP contribution in [0, 0.1) is 0 Å². The lowest BCUT2D eigenvalue weighted by Gasteiger charge is -2.36. The van der Waals surface area contributed by atoms with Crippen molar-refractivity contribution in [1.82, 2.24) is 24.9 Å². The Morgan fingerprint density at radius 1 is 0.931 bits per heavy atom. The van der Waals surface area contributed by atoms with Gasteiger partial charge in [-0.05, 0) is 27.7 Å². The van der Waals surface area contributed by atoms with E-state index >= 15 is 0 Å². The van der Waals surface area contributed by atoms with Gasteiger partial charge in [0.1, 0.15) is 5.60 Å². The molecule has 2 amide bonds. The maximum atomic E-state index is 12.2. The van der Waals surface area contributed by atoms with Crippen LogP contribution in [0.5, 0.6) is 0 Å². The molecule has 0 bridgehead atoms. The first-order valence-electron chi connectivity index (χ1n) is 10.7. The largest absolute Gasteiger partial charge is 0.444 e. The highest BCUT2D eigenvalue weighted by atomic mass is 16.6. The minimum Gasteiger partial charge on any atom is -0.444 e. The SMILES string of the molecule is CCNC(=NCCN1CCN(C(=O)OC(C)(C)C)CC1)N1CCN(C(C)=O)CC1. The fourth-order valence-corrected chi connectivity index (χ4v) is 3.44. The molecule has 2 fully saturated rings. The van der Waals surface area contributed by atoms with Crippen molar-refractivity contribution in [3.8, 4) is 0 Å². The molecule has 0 unspecified atom stereocenters. The van der Waals surface area contributed by atoms with E-state index < -0.39 is 5.60 Å². The molecule has 0 spiro atoms. The molecule has 0 aromatic rings. The first-order valence-corrected chi connectivity index (χ1v) is 10.7. The Morgan fingerprint density at radius 3 is 2.00 bits per heavy atom. The summed E-state index contributed by atoms with van der Waals surface area (Å²) in [6.07, 6.45) is -0.227. The standard InChI is InChI=1S/C20H38N6O3/c1-6-21-18(25-15-13-24(14-16-25)17(2)27)22-7-8-23-9-11-26(12-10-23)19(28)29-20(3,4)5/h6-16H2,1-5H3,(H,21,22). The van der Waals surface area contributed by atoms with Crippen molar-refractivity contribution in [1.29, 1.82) is 0 Å². The Hall–Kier alpha value is -2.03. The third-order valence-corrected chi connectivity index (χ3v) is 5.06. The van der Waals surface area contributed by atoms with Gasteiger partial charge in [0.15, 0.2) is 5.96 Å². The predicted molar refractivity (Wildman–Crippen MR) is 114 cm³/mol. The second-order valence-corrected chi connectivity index (χ2v) is 8.54. The van der Waals surface area contributed by atoms with Crippen LogP contribution >= 0.6 is 0 Å². The molecule has 0 atom stereocenters. The summed E-state index contributed by atoms with van der Waals surface area (Å²) in [6, 6.07) is 0. The maximum absolute atomic E-state index is 12.2. The quantitative estimate of drug-likeness (QED) is 0.542. The van der Waals surface area contributed by atoms with E-state index in [2.05, 4.69) is 22.0 Å². The summed E-state index contributed by atoms with van der Waals surface area (Å²) in [5, 5.41) is 3.36. The van der Waals surface area contributed by atoms with Crippen molar-refractivity contribution < 1.29 is 14.3 Å². The van der Waals surface area contributed by atoms with Gasteiger partial charge in [-0.15, -0.1) is 0 Å². The van der Waals surface area contributed by atoms with Gasteiger partial charge in [-0.2, -0.15) is 0 Å². The van der Waals surface area contributed by atoms with Gasteiger partial charge in [-0.1, -0.05) is 0 Å². The van der Waals surface area contributed by atoms with E-state index in [1.54, 1.807) is 11.8 Å². The number of nitrogens with one attached hydrogen (secondary N) is 1. The molecule has 0 saturated carbocycles. The van der Waals surface area contributed by atoms with E-state index in [-0.39, 0.29) is 12.0 Å². The molecule has 0 aliphatic carbocycles. The molecule has 2 aliphatic heterocycles. The summed E-state index contributed by atoms with van der Waals surface area (Å²) < 4.78 is 5.45. The van der Waals surface area contributed by atoms with E-state index in [9.17, 15) is 9.59 Å². The van der Waals surface area contributed by atoms with Crippen molar-refractivity contribution in [3.63, 3.8) is 0 Å². The van der Waals surface area contributed by atoms with Crippen LogP contribution in [0.4, 0.5) is 4.79 Å². The number of guanidine groups is 1. The minimum atomic E-state index is -0.457. The smallest absolute Gasteiger partial charge is 0.410 e. The monoisotopic (exact) mass is 410 g/mol. The summed E-state index contributed by atoms with van der Waals surface area (Å²) in [5.74, 6) is 1.06. The number of hydrogen-bond acceptors (Lipinski definition) is 5. The number of carbonyl (C=O) groups is 2. The molecule has 0 radical (unpaired) electrons. The van der Waals surface area contributed by atoms with Crippen LogP contribution < -0.4 is 5.32 Å². The highest BCUT2D eigenvalue weighted by molar-refractivity contribution is 5.80. The summed E-state index contributed by atoms with van der Waals surface area (Å²) in [6.45, 7) is 17.9. The Kier molecular flexibility index (Phi) is 8.55. The lowest BCUT2D eigenvalue weighted by molar-refractivity contribution is -0.130. The lowest BCUT2D eigenvalue weighted by Crippen LogP contribution is -2.53. The Balaban J connectivity index is 1.76. The van der Waals surface area contributed by atoms with E-state index in [4.69, 9.17) is 9.73 Å². The average molecular weight is 411 g/mol. The lowest BCUT2D eigenvalue weighted by atomic mass is 10.2. The van der Waals surface area contributed by atoms with Gasteiger partial charge in [-0.25, -0.2) is 4.79 Å². The molecule has 2 aliphatic rings. The molecule has 9 heteroatoms. The van der Waals surface area contributed by atoms with Crippen LogP contribution in [0.1, 0.15) is 34.6 Å². The van der Waals surface area contributed by atoms with Gasteiger partial charge >= 0.3 is 6.09 Å².